The van der Waals surface area contributed by atoms with Crippen LogP contribution in [0.2, 0.25) is 0 Å². The van der Waals surface area contributed by atoms with Crippen molar-refractivity contribution < 1.29 is 18.7 Å². The van der Waals surface area contributed by atoms with Crippen LogP contribution in [-0.4, -0.2) is 19.1 Å². The van der Waals surface area contributed by atoms with Crippen LogP contribution in [0, 0.1) is 5.82 Å². The number of thiophene rings is 1. The van der Waals surface area contributed by atoms with Gasteiger partial charge in [-0.3, -0.25) is 10.1 Å². The summed E-state index contributed by atoms with van der Waals surface area (Å²) in [5, 5.41) is 6.79. The van der Waals surface area contributed by atoms with Crippen LogP contribution in [0.1, 0.15) is 22.2 Å². The van der Waals surface area contributed by atoms with E-state index in [-0.39, 0.29) is 11.6 Å². The Morgan fingerprint density at radius 2 is 2.05 bits per heavy atom. The monoisotopic (exact) mass is 322 g/mol. The van der Waals surface area contributed by atoms with Gasteiger partial charge >= 0.3 is 6.09 Å². The van der Waals surface area contributed by atoms with Crippen molar-refractivity contribution in [3.63, 3.8) is 0 Å². The van der Waals surface area contributed by atoms with Crippen molar-refractivity contribution in [1.29, 1.82) is 0 Å². The van der Waals surface area contributed by atoms with E-state index < -0.39 is 11.9 Å². The molecule has 0 radical (unpaired) electrons. The van der Waals surface area contributed by atoms with E-state index >= 15 is 0 Å². The number of amides is 2. The van der Waals surface area contributed by atoms with Gasteiger partial charge in [-0.1, -0.05) is 6.92 Å². The van der Waals surface area contributed by atoms with Crippen LogP contribution in [0.15, 0.2) is 29.6 Å². The van der Waals surface area contributed by atoms with Crippen molar-refractivity contribution in [2.75, 3.05) is 17.7 Å². The zero-order valence-electron chi connectivity index (χ0n) is 12.1. The number of benzene rings is 1. The van der Waals surface area contributed by atoms with Gasteiger partial charge in [0.2, 0.25) is 0 Å². The quantitative estimate of drug-likeness (QED) is 0.897. The first-order chi connectivity index (χ1) is 10.5. The molecule has 0 saturated carbocycles. The maximum atomic E-state index is 13.6. The third kappa shape index (κ3) is 3.62. The first-order valence-corrected chi connectivity index (χ1v) is 7.45. The minimum absolute atomic E-state index is 0.0634. The van der Waals surface area contributed by atoms with Crippen LogP contribution in [0.3, 0.4) is 0 Å². The van der Waals surface area contributed by atoms with E-state index in [0.717, 1.165) is 18.1 Å². The van der Waals surface area contributed by atoms with Crippen LogP contribution in [-0.2, 0) is 11.2 Å². The number of aryl methyl sites for hydroxylation is 1. The smallest absolute Gasteiger partial charge is 0.411 e. The largest absolute Gasteiger partial charge is 0.453 e. The van der Waals surface area contributed by atoms with Crippen LogP contribution in [0.25, 0.3) is 0 Å². The summed E-state index contributed by atoms with van der Waals surface area (Å²) < 4.78 is 18.0. The maximum Gasteiger partial charge on any atom is 0.411 e. The third-order valence-electron chi connectivity index (χ3n) is 2.98. The highest BCUT2D eigenvalue weighted by Crippen LogP contribution is 2.23. The number of rotatable bonds is 4. The topological polar surface area (TPSA) is 67.4 Å². The van der Waals surface area contributed by atoms with E-state index in [1.54, 1.807) is 0 Å². The predicted octanol–water partition coefficient (Wildman–Crippen LogP) is 3.88. The highest BCUT2D eigenvalue weighted by atomic mass is 32.1. The molecule has 22 heavy (non-hydrogen) atoms. The van der Waals surface area contributed by atoms with Crippen molar-refractivity contribution in [2.24, 2.45) is 0 Å². The normalized spacial score (nSPS) is 10.1. The Kier molecular flexibility index (Phi) is 5.11. The first kappa shape index (κ1) is 16.0. The molecular weight excluding hydrogens is 307 g/mol. The second-order valence-electron chi connectivity index (χ2n) is 4.39. The van der Waals surface area contributed by atoms with Gasteiger partial charge in [-0.25, -0.2) is 9.18 Å². The minimum atomic E-state index is -0.783. The van der Waals surface area contributed by atoms with Crippen LogP contribution >= 0.6 is 11.3 Å². The summed E-state index contributed by atoms with van der Waals surface area (Å²) in [7, 11) is 1.18. The van der Waals surface area contributed by atoms with E-state index in [2.05, 4.69) is 15.4 Å². The van der Waals surface area contributed by atoms with Crippen LogP contribution in [0.5, 0.6) is 0 Å². The fourth-order valence-electron chi connectivity index (χ4n) is 1.86. The fourth-order valence-corrected chi connectivity index (χ4v) is 2.75. The fraction of sp³-hybridized carbons (Fsp3) is 0.200. The summed E-state index contributed by atoms with van der Waals surface area (Å²) in [5.41, 5.74) is 1.28. The Bertz CT molecular complexity index is 700. The zero-order chi connectivity index (χ0) is 16.1. The van der Waals surface area contributed by atoms with Gasteiger partial charge in [-0.15, -0.1) is 11.3 Å². The number of halogens is 1. The molecule has 2 rings (SSSR count). The third-order valence-corrected chi connectivity index (χ3v) is 3.94. The summed E-state index contributed by atoms with van der Waals surface area (Å²) in [6.45, 7) is 1.97. The molecule has 0 aliphatic rings. The number of carbonyl (C=O) groups is 2. The highest BCUT2D eigenvalue weighted by Gasteiger charge is 2.14. The Hall–Kier alpha value is -2.41. The molecule has 2 amide bonds. The molecule has 1 aromatic carbocycles. The van der Waals surface area contributed by atoms with Gasteiger partial charge in [0.1, 0.15) is 5.82 Å². The van der Waals surface area contributed by atoms with Crippen molar-refractivity contribution in [3.8, 4) is 0 Å². The van der Waals surface area contributed by atoms with E-state index in [4.69, 9.17) is 0 Å². The maximum absolute atomic E-state index is 13.6. The second kappa shape index (κ2) is 7.04. The van der Waals surface area contributed by atoms with Crippen molar-refractivity contribution in [2.45, 2.75) is 13.3 Å². The average molecular weight is 322 g/mol. The Balaban J connectivity index is 2.18. The molecule has 0 spiro atoms. The molecule has 0 aliphatic heterocycles. The van der Waals surface area contributed by atoms with Gasteiger partial charge < -0.3 is 10.1 Å². The predicted molar refractivity (Wildman–Crippen MR) is 84.1 cm³/mol. The van der Waals surface area contributed by atoms with Gasteiger partial charge in [0.05, 0.1) is 17.7 Å². The highest BCUT2D eigenvalue weighted by molar-refractivity contribution is 7.12. The summed E-state index contributed by atoms with van der Waals surface area (Å²) >= 11 is 1.35. The van der Waals surface area contributed by atoms with Crippen molar-refractivity contribution in [3.05, 3.63) is 45.9 Å². The first-order valence-electron chi connectivity index (χ1n) is 6.57. The van der Waals surface area contributed by atoms with Crippen molar-refractivity contribution >= 4 is 34.7 Å². The molecule has 5 nitrogen and oxygen atoms in total. The SMILES string of the molecule is CCc1ccsc1C(=O)Nc1ccc(F)c(NC(=O)OC)c1. The Morgan fingerprint density at radius 1 is 1.27 bits per heavy atom. The molecule has 0 atom stereocenters. The van der Waals surface area contributed by atoms with Gasteiger partial charge in [0.25, 0.3) is 5.91 Å². The lowest BCUT2D eigenvalue weighted by molar-refractivity contribution is 0.102. The number of nitrogens with one attached hydrogen (secondary N) is 2. The number of ether oxygens (including phenoxy) is 1. The second-order valence-corrected chi connectivity index (χ2v) is 5.31. The molecule has 0 fully saturated rings. The van der Waals surface area contributed by atoms with Gasteiger partial charge in [-0.05, 0) is 41.6 Å². The van der Waals surface area contributed by atoms with Gasteiger partial charge in [-0.2, -0.15) is 0 Å². The molecule has 0 aliphatic carbocycles. The lowest BCUT2D eigenvalue weighted by Crippen LogP contribution is -2.14. The lowest BCUT2D eigenvalue weighted by Gasteiger charge is -2.09. The molecule has 116 valence electrons. The number of carbonyl (C=O) groups excluding carboxylic acids is 2. The molecule has 2 N–H and O–H groups in total. The minimum Gasteiger partial charge on any atom is -0.453 e. The molecule has 2 aromatic rings. The number of hydrogen-bond acceptors (Lipinski definition) is 4. The summed E-state index contributed by atoms with van der Waals surface area (Å²) in [6, 6.07) is 5.82. The zero-order valence-corrected chi connectivity index (χ0v) is 12.9. The molecule has 0 unspecified atom stereocenters. The molecule has 0 saturated heterocycles. The van der Waals surface area contributed by atoms with Crippen LogP contribution < -0.4 is 10.6 Å². The molecule has 1 heterocycles. The van der Waals surface area contributed by atoms with Gasteiger partial charge in [0, 0.05) is 5.69 Å². The van der Waals surface area contributed by atoms with E-state index in [9.17, 15) is 14.0 Å². The average Bonchev–Trinajstić information content (AvgIpc) is 2.99. The summed E-state index contributed by atoms with van der Waals surface area (Å²) in [5.74, 6) is -0.878. The Labute approximate surface area is 131 Å². The summed E-state index contributed by atoms with van der Waals surface area (Å²) in [4.78, 5) is 24.0. The van der Waals surface area contributed by atoms with E-state index in [0.29, 0.717) is 10.6 Å². The van der Waals surface area contributed by atoms with E-state index in [1.807, 2.05) is 18.4 Å². The number of methoxy groups -OCH3 is 1. The van der Waals surface area contributed by atoms with Gasteiger partial charge in [0.15, 0.2) is 0 Å². The van der Waals surface area contributed by atoms with Crippen molar-refractivity contribution in [1.82, 2.24) is 0 Å². The molecule has 1 aromatic heterocycles. The molecule has 7 heteroatoms. The lowest BCUT2D eigenvalue weighted by atomic mass is 10.2. The molecular formula is C15H15FN2O3S. The number of hydrogen-bond donors (Lipinski definition) is 2. The van der Waals surface area contributed by atoms with Crippen LogP contribution in [0.4, 0.5) is 20.6 Å². The number of anilines is 2. The molecule has 0 bridgehead atoms. The standard InChI is InChI=1S/C15H15FN2O3S/c1-3-9-6-7-22-13(9)14(19)17-10-4-5-11(16)12(8-10)18-15(20)21-2/h4-8H,3H2,1-2H3,(H,17,19)(H,18,20). The summed E-state index contributed by atoms with van der Waals surface area (Å²) in [6.07, 6.45) is -0.0286. The Morgan fingerprint density at radius 3 is 2.73 bits per heavy atom. The van der Waals surface area contributed by atoms with E-state index in [1.165, 1.54) is 30.6 Å².